The monoisotopic (exact) mass is 364 g/mol. The number of rotatable bonds is 3. The summed E-state index contributed by atoms with van der Waals surface area (Å²) in [4.78, 5) is 18.5. The van der Waals surface area contributed by atoms with Crippen LogP contribution in [0.25, 0.3) is 22.2 Å². The maximum Gasteiger partial charge on any atom is 0.335 e. The van der Waals surface area contributed by atoms with Gasteiger partial charge in [0.2, 0.25) is 0 Å². The number of carboxylic acid groups (broad SMARTS) is 1. The molecule has 1 aromatic heterocycles. The van der Waals surface area contributed by atoms with E-state index in [0.717, 1.165) is 47.2 Å². The van der Waals surface area contributed by atoms with Crippen LogP contribution in [0, 0.1) is 5.82 Å². The molecule has 1 aliphatic rings. The van der Waals surface area contributed by atoms with Crippen LogP contribution in [-0.4, -0.2) is 28.6 Å². The SMILES string of the molecule is C[C@H]1CCCCN1c1cc2cc(C(=O)O)ccc2nc1-c1ccc(F)cc1. The molecule has 4 nitrogen and oxygen atoms in total. The van der Waals surface area contributed by atoms with Gasteiger partial charge in [-0.25, -0.2) is 14.2 Å². The molecule has 1 atom stereocenters. The minimum atomic E-state index is -0.951. The molecule has 1 saturated heterocycles. The van der Waals surface area contributed by atoms with Crippen LogP contribution < -0.4 is 4.90 Å². The molecule has 0 saturated carbocycles. The molecule has 1 fully saturated rings. The molecule has 1 aliphatic heterocycles. The predicted molar refractivity (Wildman–Crippen MR) is 105 cm³/mol. The average molecular weight is 364 g/mol. The summed E-state index contributed by atoms with van der Waals surface area (Å²) >= 11 is 0. The quantitative estimate of drug-likeness (QED) is 0.701. The maximum absolute atomic E-state index is 13.4. The second kappa shape index (κ2) is 6.99. The summed E-state index contributed by atoms with van der Waals surface area (Å²) in [6.45, 7) is 3.13. The molecule has 0 aliphatic carbocycles. The topological polar surface area (TPSA) is 53.4 Å². The zero-order chi connectivity index (χ0) is 19.0. The third kappa shape index (κ3) is 3.37. The van der Waals surface area contributed by atoms with Crippen LogP contribution >= 0.6 is 0 Å². The lowest BCUT2D eigenvalue weighted by Crippen LogP contribution is -2.37. The first-order valence-corrected chi connectivity index (χ1v) is 9.23. The zero-order valence-corrected chi connectivity index (χ0v) is 15.2. The molecule has 0 spiro atoms. The van der Waals surface area contributed by atoms with Gasteiger partial charge in [0.15, 0.2) is 0 Å². The molecule has 138 valence electrons. The molecule has 5 heteroatoms. The first-order valence-electron chi connectivity index (χ1n) is 9.23. The van der Waals surface area contributed by atoms with Gasteiger partial charge in [0.25, 0.3) is 0 Å². The Balaban J connectivity index is 1.93. The van der Waals surface area contributed by atoms with Gasteiger partial charge in [0, 0.05) is 23.5 Å². The van der Waals surface area contributed by atoms with Gasteiger partial charge in [-0.1, -0.05) is 0 Å². The number of benzene rings is 2. The van der Waals surface area contributed by atoms with Crippen LogP contribution in [0.5, 0.6) is 0 Å². The van der Waals surface area contributed by atoms with E-state index >= 15 is 0 Å². The number of carbonyl (C=O) groups is 1. The highest BCUT2D eigenvalue weighted by atomic mass is 19.1. The molecule has 0 amide bonds. The van der Waals surface area contributed by atoms with Gasteiger partial charge in [0.05, 0.1) is 22.5 Å². The van der Waals surface area contributed by atoms with Crippen LogP contribution in [0.3, 0.4) is 0 Å². The van der Waals surface area contributed by atoms with E-state index in [1.807, 2.05) is 6.07 Å². The number of carboxylic acids is 1. The molecule has 2 aromatic carbocycles. The molecule has 3 aromatic rings. The van der Waals surface area contributed by atoms with E-state index in [-0.39, 0.29) is 11.4 Å². The Bertz CT molecular complexity index is 1000. The van der Waals surface area contributed by atoms with Crippen LogP contribution in [0.2, 0.25) is 0 Å². The molecule has 1 N–H and O–H groups in total. The number of nitrogens with zero attached hydrogens (tertiary/aromatic N) is 2. The van der Waals surface area contributed by atoms with Crippen molar-refractivity contribution in [1.29, 1.82) is 0 Å². The van der Waals surface area contributed by atoms with Crippen molar-refractivity contribution in [3.63, 3.8) is 0 Å². The number of pyridine rings is 1. The van der Waals surface area contributed by atoms with Crippen LogP contribution in [0.15, 0.2) is 48.5 Å². The largest absolute Gasteiger partial charge is 0.478 e. The summed E-state index contributed by atoms with van der Waals surface area (Å²) in [6, 6.07) is 13.7. The average Bonchev–Trinajstić information content (AvgIpc) is 2.67. The number of piperidine rings is 1. The lowest BCUT2D eigenvalue weighted by atomic mass is 9.99. The van der Waals surface area contributed by atoms with Crippen molar-refractivity contribution < 1.29 is 14.3 Å². The first kappa shape index (κ1) is 17.5. The Morgan fingerprint density at radius 1 is 1.15 bits per heavy atom. The lowest BCUT2D eigenvalue weighted by Gasteiger charge is -2.36. The standard InChI is InChI=1S/C22H21FN2O2/c1-14-4-2-3-11-25(14)20-13-17-12-16(22(26)27)7-10-19(17)24-21(20)15-5-8-18(23)9-6-15/h5-10,12-14H,2-4,11H2,1H3,(H,26,27)/t14-/m0/s1. The summed E-state index contributed by atoms with van der Waals surface area (Å²) < 4.78 is 13.4. The predicted octanol–water partition coefficient (Wildman–Crippen LogP) is 5.12. The van der Waals surface area contributed by atoms with E-state index in [9.17, 15) is 14.3 Å². The first-order chi connectivity index (χ1) is 13.0. The highest BCUT2D eigenvalue weighted by Crippen LogP contribution is 2.36. The number of aromatic nitrogens is 1. The highest BCUT2D eigenvalue weighted by molar-refractivity contribution is 5.96. The molecule has 4 rings (SSSR count). The Kier molecular flexibility index (Phi) is 4.52. The zero-order valence-electron chi connectivity index (χ0n) is 15.2. The van der Waals surface area contributed by atoms with Gasteiger partial charge >= 0.3 is 5.97 Å². The number of anilines is 1. The minimum absolute atomic E-state index is 0.247. The summed E-state index contributed by atoms with van der Waals surface area (Å²) in [7, 11) is 0. The van der Waals surface area contributed by atoms with Gasteiger partial charge in [-0.05, 0) is 74.7 Å². The van der Waals surface area contributed by atoms with Gasteiger partial charge in [0.1, 0.15) is 5.82 Å². The maximum atomic E-state index is 13.4. The molecule has 27 heavy (non-hydrogen) atoms. The number of aromatic carboxylic acids is 1. The van der Waals surface area contributed by atoms with Crippen molar-refractivity contribution in [3.05, 3.63) is 59.9 Å². The van der Waals surface area contributed by atoms with Crippen molar-refractivity contribution in [3.8, 4) is 11.3 Å². The van der Waals surface area contributed by atoms with Crippen molar-refractivity contribution in [1.82, 2.24) is 4.98 Å². The van der Waals surface area contributed by atoms with E-state index in [1.165, 1.54) is 18.6 Å². The Morgan fingerprint density at radius 2 is 1.93 bits per heavy atom. The Labute approximate surface area is 157 Å². The normalized spacial score (nSPS) is 17.3. The fourth-order valence-corrected chi connectivity index (χ4v) is 3.79. The van der Waals surface area contributed by atoms with Crippen molar-refractivity contribution in [2.45, 2.75) is 32.2 Å². The van der Waals surface area contributed by atoms with Crippen molar-refractivity contribution >= 4 is 22.6 Å². The van der Waals surface area contributed by atoms with Gasteiger partial charge < -0.3 is 10.0 Å². The van der Waals surface area contributed by atoms with E-state index in [4.69, 9.17) is 4.98 Å². The number of hydrogen-bond donors (Lipinski definition) is 1. The number of fused-ring (bicyclic) bond motifs is 1. The summed E-state index contributed by atoms with van der Waals surface area (Å²) in [6.07, 6.45) is 3.42. The fraction of sp³-hybridized carbons (Fsp3) is 0.273. The van der Waals surface area contributed by atoms with Crippen LogP contribution in [0.1, 0.15) is 36.5 Å². The van der Waals surface area contributed by atoms with Gasteiger partial charge in [-0.2, -0.15) is 0 Å². The summed E-state index contributed by atoms with van der Waals surface area (Å²) in [5, 5.41) is 10.1. The third-order valence-corrected chi connectivity index (χ3v) is 5.27. The van der Waals surface area contributed by atoms with Gasteiger partial charge in [-0.3, -0.25) is 0 Å². The highest BCUT2D eigenvalue weighted by Gasteiger charge is 2.23. The minimum Gasteiger partial charge on any atom is -0.478 e. The van der Waals surface area contributed by atoms with E-state index in [2.05, 4.69) is 11.8 Å². The van der Waals surface area contributed by atoms with E-state index < -0.39 is 5.97 Å². The lowest BCUT2D eigenvalue weighted by molar-refractivity contribution is 0.0697. The number of hydrogen-bond acceptors (Lipinski definition) is 3. The van der Waals surface area contributed by atoms with E-state index in [0.29, 0.717) is 6.04 Å². The Hall–Kier alpha value is -2.95. The molecular formula is C22H21FN2O2. The molecule has 2 heterocycles. The van der Waals surface area contributed by atoms with Gasteiger partial charge in [-0.15, -0.1) is 0 Å². The molecule has 0 unspecified atom stereocenters. The number of halogens is 1. The molecule has 0 radical (unpaired) electrons. The summed E-state index contributed by atoms with van der Waals surface area (Å²) in [5.74, 6) is -1.23. The summed E-state index contributed by atoms with van der Waals surface area (Å²) in [5.41, 5.74) is 3.61. The second-order valence-electron chi connectivity index (χ2n) is 7.11. The Morgan fingerprint density at radius 3 is 2.63 bits per heavy atom. The molecular weight excluding hydrogens is 343 g/mol. The van der Waals surface area contributed by atoms with Crippen molar-refractivity contribution in [2.24, 2.45) is 0 Å². The van der Waals surface area contributed by atoms with E-state index in [1.54, 1.807) is 30.3 Å². The van der Waals surface area contributed by atoms with Crippen molar-refractivity contribution in [2.75, 3.05) is 11.4 Å². The fourth-order valence-electron chi connectivity index (χ4n) is 3.79. The molecule has 0 bridgehead atoms. The second-order valence-corrected chi connectivity index (χ2v) is 7.11. The van der Waals surface area contributed by atoms with Crippen LogP contribution in [0.4, 0.5) is 10.1 Å². The third-order valence-electron chi connectivity index (χ3n) is 5.27. The smallest absolute Gasteiger partial charge is 0.335 e. The van der Waals surface area contributed by atoms with Crippen LogP contribution in [-0.2, 0) is 0 Å².